The van der Waals surface area contributed by atoms with E-state index in [4.69, 9.17) is 19.6 Å². The summed E-state index contributed by atoms with van der Waals surface area (Å²) in [5, 5.41) is 4.86. The molecule has 0 spiro atoms. The van der Waals surface area contributed by atoms with Gasteiger partial charge in [0, 0.05) is 37.5 Å². The van der Waals surface area contributed by atoms with Crippen LogP contribution in [0.2, 0.25) is 0 Å². The van der Waals surface area contributed by atoms with Crippen molar-refractivity contribution in [2.75, 3.05) is 31.3 Å². The molecule has 3 aromatic rings. The summed E-state index contributed by atoms with van der Waals surface area (Å²) in [6.45, 7) is 7.33. The lowest BCUT2D eigenvalue weighted by atomic mass is 9.98. The third-order valence-electron chi connectivity index (χ3n) is 7.08. The maximum Gasteiger partial charge on any atom is 0.258 e. The monoisotopic (exact) mass is 447 g/mol. The van der Waals surface area contributed by atoms with E-state index in [1.165, 1.54) is 6.42 Å². The number of aromatic nitrogens is 3. The molecule has 2 saturated heterocycles. The number of ether oxygens (including phenoxy) is 2. The number of hydrogen-bond donors (Lipinski definition) is 0. The second kappa shape index (κ2) is 7.93. The molecule has 172 valence electrons. The Morgan fingerprint density at radius 3 is 2.91 bits per heavy atom. The van der Waals surface area contributed by atoms with Crippen molar-refractivity contribution in [1.29, 1.82) is 0 Å². The minimum absolute atomic E-state index is 0.0324. The van der Waals surface area contributed by atoms with E-state index in [-0.39, 0.29) is 18.7 Å². The Morgan fingerprint density at radius 1 is 1.15 bits per heavy atom. The van der Waals surface area contributed by atoms with Crippen LogP contribution >= 0.6 is 0 Å². The fourth-order valence-corrected chi connectivity index (χ4v) is 5.37. The van der Waals surface area contributed by atoms with Gasteiger partial charge in [0.15, 0.2) is 17.1 Å². The molecule has 0 N–H and O–H groups in total. The van der Waals surface area contributed by atoms with Gasteiger partial charge in [-0.1, -0.05) is 13.0 Å². The minimum Gasteiger partial charge on any atom is -0.454 e. The molecule has 5 heterocycles. The number of para-hydroxylation sites is 1. The number of benzene rings is 1. The molecule has 1 aromatic carbocycles. The number of rotatable bonds is 3. The highest BCUT2D eigenvalue weighted by atomic mass is 16.7. The van der Waals surface area contributed by atoms with E-state index >= 15 is 0 Å². The first-order valence-electron chi connectivity index (χ1n) is 11.9. The molecule has 2 fully saturated rings. The molecule has 0 bridgehead atoms. The van der Waals surface area contributed by atoms with Gasteiger partial charge in [-0.2, -0.15) is 5.10 Å². The lowest BCUT2D eigenvalue weighted by Crippen LogP contribution is -2.38. The number of likely N-dealkylation sites (tertiary alicyclic amines) is 1. The molecule has 33 heavy (non-hydrogen) atoms. The maximum absolute atomic E-state index is 13.6. The third kappa shape index (κ3) is 3.48. The number of anilines is 1. The molecule has 6 rings (SSSR count). The first-order valence-corrected chi connectivity index (χ1v) is 11.9. The topological polar surface area (TPSA) is 72.2 Å². The van der Waals surface area contributed by atoms with E-state index in [1.54, 1.807) is 0 Å². The van der Waals surface area contributed by atoms with Gasteiger partial charge in [0.05, 0.1) is 17.3 Å². The molecule has 0 unspecified atom stereocenters. The molecule has 0 aliphatic carbocycles. The van der Waals surface area contributed by atoms with E-state index in [2.05, 4.69) is 24.9 Å². The van der Waals surface area contributed by atoms with Gasteiger partial charge in [-0.15, -0.1) is 0 Å². The van der Waals surface area contributed by atoms with Crippen LogP contribution in [0.15, 0.2) is 30.5 Å². The van der Waals surface area contributed by atoms with Gasteiger partial charge in [0.2, 0.25) is 6.79 Å². The standard InChI is InChI=1S/C25H29N5O3/c1-16-9-11-28(13-16)24-17(2)14-30-22(26-24)12-19(27-30)20-7-3-4-10-29(20)25(31)18-6-5-8-21-23(18)33-15-32-21/h5-6,8,12,14,16,20H,3-4,7,9-11,13,15H2,1-2H3/t16-,20-/m0/s1. The van der Waals surface area contributed by atoms with Crippen LogP contribution in [0.3, 0.4) is 0 Å². The van der Waals surface area contributed by atoms with Crippen molar-refractivity contribution in [1.82, 2.24) is 19.5 Å². The Morgan fingerprint density at radius 2 is 2.06 bits per heavy atom. The molecular formula is C25H29N5O3. The molecule has 3 aliphatic rings. The SMILES string of the molecule is Cc1cn2nc([C@@H]3CCCCN3C(=O)c3cccc4c3OCO4)cc2nc1N1CC[C@H](C)C1. The third-order valence-corrected chi connectivity index (χ3v) is 7.08. The average Bonchev–Trinajstić information content (AvgIpc) is 3.57. The highest BCUT2D eigenvalue weighted by molar-refractivity contribution is 5.98. The van der Waals surface area contributed by atoms with E-state index < -0.39 is 0 Å². The number of hydrogen-bond acceptors (Lipinski definition) is 6. The second-order valence-electron chi connectivity index (χ2n) is 9.51. The largest absolute Gasteiger partial charge is 0.454 e. The van der Waals surface area contributed by atoms with Gasteiger partial charge < -0.3 is 19.3 Å². The fraction of sp³-hybridized carbons (Fsp3) is 0.480. The molecule has 0 radical (unpaired) electrons. The van der Waals surface area contributed by atoms with Crippen LogP contribution in [0.5, 0.6) is 11.5 Å². The summed E-state index contributed by atoms with van der Waals surface area (Å²) in [6.07, 6.45) is 6.20. The molecule has 8 heteroatoms. The van der Waals surface area contributed by atoms with Gasteiger partial charge >= 0.3 is 0 Å². The van der Waals surface area contributed by atoms with Gasteiger partial charge in [0.1, 0.15) is 5.82 Å². The average molecular weight is 448 g/mol. The zero-order valence-corrected chi connectivity index (χ0v) is 19.2. The molecule has 1 amide bonds. The molecule has 8 nitrogen and oxygen atoms in total. The summed E-state index contributed by atoms with van der Waals surface area (Å²) < 4.78 is 13.0. The quantitative estimate of drug-likeness (QED) is 0.605. The maximum atomic E-state index is 13.6. The van der Waals surface area contributed by atoms with Crippen molar-refractivity contribution in [2.24, 2.45) is 5.92 Å². The van der Waals surface area contributed by atoms with Gasteiger partial charge in [-0.05, 0) is 50.7 Å². The normalized spacial score (nSPS) is 22.4. The first-order chi connectivity index (χ1) is 16.1. The second-order valence-corrected chi connectivity index (χ2v) is 9.51. The summed E-state index contributed by atoms with van der Waals surface area (Å²) in [5.74, 6) is 2.88. The number of carbonyl (C=O) groups excluding carboxylic acids is 1. The van der Waals surface area contributed by atoms with E-state index in [9.17, 15) is 4.79 Å². The summed E-state index contributed by atoms with van der Waals surface area (Å²) in [4.78, 5) is 22.9. The minimum atomic E-state index is -0.0818. The molecule has 0 saturated carbocycles. The van der Waals surface area contributed by atoms with Crippen molar-refractivity contribution in [3.8, 4) is 11.5 Å². The van der Waals surface area contributed by atoms with E-state index in [0.29, 0.717) is 29.5 Å². The van der Waals surface area contributed by atoms with Crippen LogP contribution in [-0.2, 0) is 0 Å². The lowest BCUT2D eigenvalue weighted by Gasteiger charge is -2.35. The zero-order chi connectivity index (χ0) is 22.5. The lowest BCUT2D eigenvalue weighted by molar-refractivity contribution is 0.0601. The number of carbonyl (C=O) groups is 1. The molecule has 2 aromatic heterocycles. The first kappa shape index (κ1) is 20.3. The van der Waals surface area contributed by atoms with Crippen LogP contribution in [0.1, 0.15) is 60.3 Å². The predicted octanol–water partition coefficient (Wildman–Crippen LogP) is 3.98. The number of aryl methyl sites for hydroxylation is 1. The van der Waals surface area contributed by atoms with Crippen molar-refractivity contribution >= 4 is 17.4 Å². The van der Waals surface area contributed by atoms with Crippen molar-refractivity contribution < 1.29 is 14.3 Å². The molecule has 2 atom stereocenters. The smallest absolute Gasteiger partial charge is 0.258 e. The Labute approximate surface area is 193 Å². The van der Waals surface area contributed by atoms with Crippen LogP contribution in [0.4, 0.5) is 5.82 Å². The highest BCUT2D eigenvalue weighted by Crippen LogP contribution is 2.39. The summed E-state index contributed by atoms with van der Waals surface area (Å²) in [7, 11) is 0. The molecule has 3 aliphatic heterocycles. The number of fused-ring (bicyclic) bond motifs is 2. The predicted molar refractivity (Wildman–Crippen MR) is 124 cm³/mol. The van der Waals surface area contributed by atoms with E-state index in [1.807, 2.05) is 33.7 Å². The van der Waals surface area contributed by atoms with E-state index in [0.717, 1.165) is 55.1 Å². The number of piperidine rings is 1. The Bertz CT molecular complexity index is 1220. The highest BCUT2D eigenvalue weighted by Gasteiger charge is 2.34. The summed E-state index contributed by atoms with van der Waals surface area (Å²) in [5.41, 5.74) is 3.41. The Balaban J connectivity index is 1.33. The van der Waals surface area contributed by atoms with Crippen LogP contribution in [-0.4, -0.2) is 51.8 Å². The van der Waals surface area contributed by atoms with Crippen LogP contribution < -0.4 is 14.4 Å². The number of amides is 1. The Hall–Kier alpha value is -3.29. The Kier molecular flexibility index (Phi) is 4.89. The molecular weight excluding hydrogens is 418 g/mol. The van der Waals surface area contributed by atoms with Gasteiger partial charge in [-0.25, -0.2) is 9.50 Å². The summed E-state index contributed by atoms with van der Waals surface area (Å²) in [6, 6.07) is 7.47. The summed E-state index contributed by atoms with van der Waals surface area (Å²) >= 11 is 0. The number of nitrogens with zero attached hydrogens (tertiary/aromatic N) is 5. The van der Waals surface area contributed by atoms with Crippen LogP contribution in [0, 0.1) is 12.8 Å². The fourth-order valence-electron chi connectivity index (χ4n) is 5.37. The van der Waals surface area contributed by atoms with Gasteiger partial charge in [-0.3, -0.25) is 4.79 Å². The zero-order valence-electron chi connectivity index (χ0n) is 19.2. The van der Waals surface area contributed by atoms with Gasteiger partial charge in [0.25, 0.3) is 5.91 Å². The van der Waals surface area contributed by atoms with Crippen LogP contribution in [0.25, 0.3) is 5.65 Å². The van der Waals surface area contributed by atoms with Crippen molar-refractivity contribution in [3.63, 3.8) is 0 Å². The van der Waals surface area contributed by atoms with Crippen molar-refractivity contribution in [3.05, 3.63) is 47.3 Å². The van der Waals surface area contributed by atoms with Crippen molar-refractivity contribution in [2.45, 2.75) is 45.6 Å².